The van der Waals surface area contributed by atoms with Crippen LogP contribution in [-0.4, -0.2) is 29.9 Å². The molecule has 1 amide bonds. The first-order valence-electron chi connectivity index (χ1n) is 9.38. The number of benzene rings is 1. The van der Waals surface area contributed by atoms with Crippen LogP contribution in [0.1, 0.15) is 57.5 Å². The Balaban J connectivity index is 1.56. The number of amides is 1. The third kappa shape index (κ3) is 3.54. The fourth-order valence-electron chi connectivity index (χ4n) is 3.75. The standard InChI is InChI=1S/C21H23NO3S/c23-20(22-12-6-7-13-22)19(15-8-2-1-3-9-15)25-21(24)18-14-16-10-4-5-11-17(16)26-18/h1-3,8-9,14,19H,4-7,10-13H2/t19-/m1/s1. The van der Waals surface area contributed by atoms with Gasteiger partial charge in [0, 0.05) is 23.5 Å². The Morgan fingerprint density at radius 3 is 2.46 bits per heavy atom. The Morgan fingerprint density at radius 1 is 1.00 bits per heavy atom. The predicted molar refractivity (Wildman–Crippen MR) is 101 cm³/mol. The van der Waals surface area contributed by atoms with Gasteiger partial charge in [-0.2, -0.15) is 0 Å². The van der Waals surface area contributed by atoms with Gasteiger partial charge >= 0.3 is 5.97 Å². The van der Waals surface area contributed by atoms with E-state index in [1.807, 2.05) is 41.3 Å². The Labute approximate surface area is 157 Å². The Morgan fingerprint density at radius 2 is 1.73 bits per heavy atom. The molecule has 2 heterocycles. The lowest BCUT2D eigenvalue weighted by molar-refractivity contribution is -0.140. The number of carbonyl (C=O) groups is 2. The molecule has 0 radical (unpaired) electrons. The first-order chi connectivity index (χ1) is 12.7. The van der Waals surface area contributed by atoms with Crippen LogP contribution >= 0.6 is 11.3 Å². The monoisotopic (exact) mass is 369 g/mol. The molecule has 0 unspecified atom stereocenters. The van der Waals surface area contributed by atoms with Crippen molar-refractivity contribution in [2.24, 2.45) is 0 Å². The fraction of sp³-hybridized carbons (Fsp3) is 0.429. The van der Waals surface area contributed by atoms with Crippen molar-refractivity contribution >= 4 is 23.2 Å². The van der Waals surface area contributed by atoms with Gasteiger partial charge < -0.3 is 9.64 Å². The van der Waals surface area contributed by atoms with Crippen molar-refractivity contribution in [2.75, 3.05) is 13.1 Å². The maximum Gasteiger partial charge on any atom is 0.349 e. The molecule has 4 nitrogen and oxygen atoms in total. The van der Waals surface area contributed by atoms with Crippen LogP contribution in [0.3, 0.4) is 0 Å². The van der Waals surface area contributed by atoms with Crippen molar-refractivity contribution in [1.82, 2.24) is 4.90 Å². The van der Waals surface area contributed by atoms with E-state index in [-0.39, 0.29) is 11.9 Å². The van der Waals surface area contributed by atoms with E-state index < -0.39 is 6.10 Å². The smallest absolute Gasteiger partial charge is 0.349 e. The number of fused-ring (bicyclic) bond motifs is 1. The molecule has 26 heavy (non-hydrogen) atoms. The normalized spacial score (nSPS) is 17.6. The fourth-order valence-corrected chi connectivity index (χ4v) is 4.89. The summed E-state index contributed by atoms with van der Waals surface area (Å²) in [6.07, 6.45) is 5.61. The number of thiophene rings is 1. The van der Waals surface area contributed by atoms with Crippen LogP contribution < -0.4 is 0 Å². The molecule has 2 aliphatic rings. The maximum absolute atomic E-state index is 13.0. The van der Waals surface area contributed by atoms with Gasteiger partial charge in [-0.05, 0) is 50.2 Å². The van der Waals surface area contributed by atoms with Crippen LogP contribution in [0.25, 0.3) is 0 Å². The van der Waals surface area contributed by atoms with E-state index in [9.17, 15) is 9.59 Å². The van der Waals surface area contributed by atoms with Crippen molar-refractivity contribution in [3.05, 3.63) is 57.3 Å². The molecule has 0 bridgehead atoms. The van der Waals surface area contributed by atoms with Gasteiger partial charge in [0.2, 0.25) is 6.10 Å². The summed E-state index contributed by atoms with van der Waals surface area (Å²) in [5.74, 6) is -0.492. The second-order valence-corrected chi connectivity index (χ2v) is 8.13. The summed E-state index contributed by atoms with van der Waals surface area (Å²) in [6, 6.07) is 11.3. The van der Waals surface area contributed by atoms with Gasteiger partial charge in [0.1, 0.15) is 4.88 Å². The van der Waals surface area contributed by atoms with Crippen molar-refractivity contribution < 1.29 is 14.3 Å². The van der Waals surface area contributed by atoms with Crippen LogP contribution in [0.5, 0.6) is 0 Å². The quantitative estimate of drug-likeness (QED) is 0.761. The maximum atomic E-state index is 13.0. The van der Waals surface area contributed by atoms with Gasteiger partial charge in [-0.15, -0.1) is 11.3 Å². The summed E-state index contributed by atoms with van der Waals surface area (Å²) in [6.45, 7) is 1.49. The second-order valence-electron chi connectivity index (χ2n) is 6.99. The first kappa shape index (κ1) is 17.3. The van der Waals surface area contributed by atoms with Crippen LogP contribution in [0, 0.1) is 0 Å². The predicted octanol–water partition coefficient (Wildman–Crippen LogP) is 4.15. The summed E-state index contributed by atoms with van der Waals surface area (Å²) in [5, 5.41) is 0. The summed E-state index contributed by atoms with van der Waals surface area (Å²) in [4.78, 5) is 29.5. The topological polar surface area (TPSA) is 46.6 Å². The Hall–Kier alpha value is -2.14. The molecule has 1 aliphatic carbocycles. The number of nitrogens with zero attached hydrogens (tertiary/aromatic N) is 1. The van der Waals surface area contributed by atoms with Gasteiger partial charge in [-0.3, -0.25) is 4.79 Å². The molecule has 4 rings (SSSR count). The highest BCUT2D eigenvalue weighted by Crippen LogP contribution is 2.31. The molecule has 1 saturated heterocycles. The minimum atomic E-state index is -0.860. The van der Waals surface area contributed by atoms with Gasteiger partial charge in [0.25, 0.3) is 5.91 Å². The lowest BCUT2D eigenvalue weighted by Crippen LogP contribution is -2.34. The highest BCUT2D eigenvalue weighted by atomic mass is 32.1. The largest absolute Gasteiger partial charge is 0.443 e. The zero-order chi connectivity index (χ0) is 17.9. The number of carbonyl (C=O) groups excluding carboxylic acids is 2. The number of esters is 1. The third-order valence-electron chi connectivity index (χ3n) is 5.17. The summed E-state index contributed by atoms with van der Waals surface area (Å²) in [5.41, 5.74) is 2.01. The van der Waals surface area contributed by atoms with Crippen molar-refractivity contribution in [3.63, 3.8) is 0 Å². The average Bonchev–Trinajstić information content (AvgIpc) is 3.35. The number of ether oxygens (including phenoxy) is 1. The average molecular weight is 369 g/mol. The molecule has 136 valence electrons. The van der Waals surface area contributed by atoms with E-state index in [4.69, 9.17) is 4.74 Å². The number of likely N-dealkylation sites (tertiary alicyclic amines) is 1. The zero-order valence-electron chi connectivity index (χ0n) is 14.8. The minimum Gasteiger partial charge on any atom is -0.443 e. The molecular weight excluding hydrogens is 346 g/mol. The van der Waals surface area contributed by atoms with Crippen molar-refractivity contribution in [2.45, 2.75) is 44.6 Å². The molecular formula is C21H23NO3S. The molecule has 0 saturated carbocycles. The molecule has 2 aromatic rings. The Bertz CT molecular complexity index is 769. The van der Waals surface area contributed by atoms with Crippen LogP contribution in [0.4, 0.5) is 0 Å². The molecule has 1 fully saturated rings. The van der Waals surface area contributed by atoms with E-state index in [0.29, 0.717) is 4.88 Å². The number of hydrogen-bond donors (Lipinski definition) is 0. The molecule has 1 atom stereocenters. The highest BCUT2D eigenvalue weighted by Gasteiger charge is 2.32. The molecule has 0 spiro atoms. The number of hydrogen-bond acceptors (Lipinski definition) is 4. The van der Waals surface area contributed by atoms with E-state index in [2.05, 4.69) is 0 Å². The van der Waals surface area contributed by atoms with Gasteiger partial charge in [-0.25, -0.2) is 4.79 Å². The number of aryl methyl sites for hydroxylation is 2. The van der Waals surface area contributed by atoms with Crippen LogP contribution in [0.2, 0.25) is 0 Å². The minimum absolute atomic E-state index is 0.108. The second kappa shape index (κ2) is 7.62. The van der Waals surface area contributed by atoms with E-state index in [0.717, 1.165) is 44.3 Å². The summed E-state index contributed by atoms with van der Waals surface area (Å²) >= 11 is 1.53. The zero-order valence-corrected chi connectivity index (χ0v) is 15.6. The van der Waals surface area contributed by atoms with E-state index in [1.165, 1.54) is 34.6 Å². The summed E-state index contributed by atoms with van der Waals surface area (Å²) in [7, 11) is 0. The number of rotatable bonds is 4. The van der Waals surface area contributed by atoms with Crippen molar-refractivity contribution in [1.29, 1.82) is 0 Å². The van der Waals surface area contributed by atoms with E-state index in [1.54, 1.807) is 0 Å². The van der Waals surface area contributed by atoms with Crippen LogP contribution in [0.15, 0.2) is 36.4 Å². The SMILES string of the molecule is O=C(O[C@@H](C(=O)N1CCCC1)c1ccccc1)c1cc2c(s1)CCCC2. The lowest BCUT2D eigenvalue weighted by atomic mass is 9.99. The van der Waals surface area contributed by atoms with E-state index >= 15 is 0 Å². The third-order valence-corrected chi connectivity index (χ3v) is 6.38. The lowest BCUT2D eigenvalue weighted by Gasteiger charge is -2.23. The molecule has 1 aromatic carbocycles. The molecule has 1 aliphatic heterocycles. The summed E-state index contributed by atoms with van der Waals surface area (Å²) < 4.78 is 5.75. The van der Waals surface area contributed by atoms with Gasteiger partial charge in [0.05, 0.1) is 0 Å². The first-order valence-corrected chi connectivity index (χ1v) is 10.2. The molecule has 5 heteroatoms. The molecule has 0 N–H and O–H groups in total. The highest BCUT2D eigenvalue weighted by molar-refractivity contribution is 7.14. The van der Waals surface area contributed by atoms with Gasteiger partial charge in [0.15, 0.2) is 0 Å². The molecule has 1 aromatic heterocycles. The van der Waals surface area contributed by atoms with Gasteiger partial charge in [-0.1, -0.05) is 30.3 Å². The van der Waals surface area contributed by atoms with Crippen LogP contribution in [-0.2, 0) is 22.4 Å². The van der Waals surface area contributed by atoms with Crippen molar-refractivity contribution in [3.8, 4) is 0 Å². The Kier molecular flexibility index (Phi) is 5.07.